The van der Waals surface area contributed by atoms with Crippen molar-refractivity contribution in [1.82, 2.24) is 10.6 Å². The number of nitrogens with one attached hydrogen (secondary N) is 2. The van der Waals surface area contributed by atoms with E-state index in [0.717, 1.165) is 24.8 Å². The highest BCUT2D eigenvalue weighted by Gasteiger charge is 2.42. The Balaban J connectivity index is 2.18. The van der Waals surface area contributed by atoms with Gasteiger partial charge >= 0.3 is 5.97 Å². The second kappa shape index (κ2) is 10.7. The number of aliphatic carboxylic acids is 1. The summed E-state index contributed by atoms with van der Waals surface area (Å²) in [6, 6.07) is 13.0. The van der Waals surface area contributed by atoms with Gasteiger partial charge in [-0.2, -0.15) is 0 Å². The van der Waals surface area contributed by atoms with Crippen molar-refractivity contribution in [3.63, 3.8) is 0 Å². The highest BCUT2D eigenvalue weighted by molar-refractivity contribution is 7.91. The molecule has 0 fully saturated rings. The molecule has 3 rings (SSSR count). The molecule has 0 saturated carbocycles. The second-order valence-corrected chi connectivity index (χ2v) is 10.6. The maximum absolute atomic E-state index is 13.7. The standard InChI is InChI=1S/C25H34N2O5S/c1-4-6-12-25(5-2)17-33(30,31)22-13-19(15-26-16-23(28)29)21(32-3)14-20(22)24(27-25)18-10-8-7-9-11-18/h7-11,13-14,24,26-27H,4-6,12,15-17H2,1-3H3,(H,28,29)/t24-,25+/m0/s1. The van der Waals surface area contributed by atoms with Crippen LogP contribution in [0, 0.1) is 0 Å². The Morgan fingerprint density at radius 1 is 1.24 bits per heavy atom. The first-order valence-corrected chi connectivity index (χ1v) is 13.1. The lowest BCUT2D eigenvalue weighted by atomic mass is 9.88. The fourth-order valence-corrected chi connectivity index (χ4v) is 6.73. The Labute approximate surface area is 196 Å². The summed E-state index contributed by atoms with van der Waals surface area (Å²) in [5, 5.41) is 15.5. The average molecular weight is 475 g/mol. The molecule has 2 atom stereocenters. The van der Waals surface area contributed by atoms with Crippen molar-refractivity contribution < 1.29 is 23.1 Å². The molecule has 2 aromatic carbocycles. The van der Waals surface area contributed by atoms with Crippen LogP contribution >= 0.6 is 0 Å². The molecule has 0 saturated heterocycles. The van der Waals surface area contributed by atoms with E-state index in [1.54, 1.807) is 12.1 Å². The van der Waals surface area contributed by atoms with Crippen LogP contribution in [0.15, 0.2) is 47.4 Å². The normalized spacial score (nSPS) is 21.7. The molecular weight excluding hydrogens is 440 g/mol. The van der Waals surface area contributed by atoms with Gasteiger partial charge in [0.05, 0.1) is 30.3 Å². The molecule has 0 spiro atoms. The van der Waals surface area contributed by atoms with E-state index in [4.69, 9.17) is 9.84 Å². The molecule has 3 N–H and O–H groups in total. The molecule has 1 heterocycles. The second-order valence-electron chi connectivity index (χ2n) is 8.68. The number of sulfone groups is 1. The van der Waals surface area contributed by atoms with Crippen LogP contribution in [0.3, 0.4) is 0 Å². The van der Waals surface area contributed by atoms with Crippen molar-refractivity contribution in [2.75, 3.05) is 19.4 Å². The molecule has 0 aromatic heterocycles. The third-order valence-electron chi connectivity index (χ3n) is 6.39. The molecule has 8 heteroatoms. The number of rotatable bonds is 10. The van der Waals surface area contributed by atoms with Crippen LogP contribution < -0.4 is 15.4 Å². The largest absolute Gasteiger partial charge is 0.496 e. The Bertz CT molecular complexity index is 1070. The lowest BCUT2D eigenvalue weighted by Crippen LogP contribution is -2.50. The molecule has 1 aliphatic rings. The Morgan fingerprint density at radius 2 is 1.97 bits per heavy atom. The zero-order chi connectivity index (χ0) is 24.1. The summed E-state index contributed by atoms with van der Waals surface area (Å²) >= 11 is 0. The van der Waals surface area contributed by atoms with Gasteiger partial charge in [0.25, 0.3) is 0 Å². The minimum Gasteiger partial charge on any atom is -0.496 e. The number of methoxy groups -OCH3 is 1. The van der Waals surface area contributed by atoms with Gasteiger partial charge in [0, 0.05) is 17.6 Å². The Hall–Kier alpha value is -2.42. The van der Waals surface area contributed by atoms with E-state index in [0.29, 0.717) is 23.3 Å². The van der Waals surface area contributed by atoms with E-state index in [9.17, 15) is 13.2 Å². The number of carboxylic acids is 1. The quantitative estimate of drug-likeness (QED) is 0.482. The zero-order valence-electron chi connectivity index (χ0n) is 19.6. The summed E-state index contributed by atoms with van der Waals surface area (Å²) in [6.45, 7) is 4.12. The molecular formula is C25H34N2O5S. The van der Waals surface area contributed by atoms with Crippen molar-refractivity contribution >= 4 is 15.8 Å². The third-order valence-corrected chi connectivity index (χ3v) is 8.34. The zero-order valence-corrected chi connectivity index (χ0v) is 20.4. The van der Waals surface area contributed by atoms with E-state index < -0.39 is 21.3 Å². The van der Waals surface area contributed by atoms with Gasteiger partial charge in [0.15, 0.2) is 9.84 Å². The van der Waals surface area contributed by atoms with Crippen LogP contribution in [0.25, 0.3) is 0 Å². The first kappa shape index (κ1) is 25.2. The van der Waals surface area contributed by atoms with Crippen molar-refractivity contribution in [3.05, 3.63) is 59.2 Å². The van der Waals surface area contributed by atoms with E-state index >= 15 is 0 Å². The molecule has 0 bridgehead atoms. The maximum Gasteiger partial charge on any atom is 0.317 e. The fourth-order valence-electron chi connectivity index (χ4n) is 4.56. The summed E-state index contributed by atoms with van der Waals surface area (Å²) in [4.78, 5) is 11.2. The molecule has 0 radical (unpaired) electrons. The highest BCUT2D eigenvalue weighted by atomic mass is 32.2. The predicted molar refractivity (Wildman–Crippen MR) is 128 cm³/mol. The molecule has 0 amide bonds. The summed E-state index contributed by atoms with van der Waals surface area (Å²) in [6.07, 6.45) is 3.37. The molecule has 1 aliphatic heterocycles. The Morgan fingerprint density at radius 3 is 2.58 bits per heavy atom. The Kier molecular flexibility index (Phi) is 8.15. The topological polar surface area (TPSA) is 105 Å². The van der Waals surface area contributed by atoms with E-state index in [1.807, 2.05) is 37.3 Å². The first-order valence-electron chi connectivity index (χ1n) is 11.4. The van der Waals surface area contributed by atoms with Gasteiger partial charge in [0.1, 0.15) is 5.75 Å². The van der Waals surface area contributed by atoms with Crippen LogP contribution in [-0.2, 0) is 21.2 Å². The number of carbonyl (C=O) groups is 1. The predicted octanol–water partition coefficient (Wildman–Crippen LogP) is 3.67. The number of hydrogen-bond donors (Lipinski definition) is 3. The van der Waals surface area contributed by atoms with E-state index in [1.165, 1.54) is 7.11 Å². The van der Waals surface area contributed by atoms with Crippen LogP contribution in [0.1, 0.15) is 62.3 Å². The van der Waals surface area contributed by atoms with Crippen LogP contribution in [0.4, 0.5) is 0 Å². The number of carboxylic acid groups (broad SMARTS) is 1. The van der Waals surface area contributed by atoms with Crippen LogP contribution in [0.2, 0.25) is 0 Å². The molecule has 2 aromatic rings. The van der Waals surface area contributed by atoms with Crippen molar-refractivity contribution in [2.24, 2.45) is 0 Å². The molecule has 180 valence electrons. The van der Waals surface area contributed by atoms with Gasteiger partial charge < -0.3 is 15.2 Å². The molecule has 33 heavy (non-hydrogen) atoms. The van der Waals surface area contributed by atoms with Crippen LogP contribution in [0.5, 0.6) is 5.75 Å². The minimum atomic E-state index is -3.62. The first-order chi connectivity index (χ1) is 15.7. The SMILES string of the molecule is CCCC[C@]1(CC)CS(=O)(=O)c2cc(CNCC(=O)O)c(OC)cc2[C@H](c2ccccc2)N1. The number of ether oxygens (including phenoxy) is 1. The van der Waals surface area contributed by atoms with E-state index in [-0.39, 0.29) is 29.8 Å². The fraction of sp³-hybridized carbons (Fsp3) is 0.480. The average Bonchev–Trinajstić information content (AvgIpc) is 2.90. The van der Waals surface area contributed by atoms with Gasteiger partial charge in [-0.3, -0.25) is 10.1 Å². The smallest absolute Gasteiger partial charge is 0.317 e. The van der Waals surface area contributed by atoms with Crippen molar-refractivity contribution in [2.45, 2.75) is 62.6 Å². The highest BCUT2D eigenvalue weighted by Crippen LogP contribution is 2.40. The van der Waals surface area contributed by atoms with Crippen LogP contribution in [-0.4, -0.2) is 44.4 Å². The molecule has 0 aliphatic carbocycles. The lowest BCUT2D eigenvalue weighted by molar-refractivity contribution is -0.136. The van der Waals surface area contributed by atoms with Gasteiger partial charge in [0.2, 0.25) is 0 Å². The van der Waals surface area contributed by atoms with Crippen molar-refractivity contribution in [1.29, 1.82) is 0 Å². The molecule has 0 unspecified atom stereocenters. The summed E-state index contributed by atoms with van der Waals surface area (Å²) in [5.74, 6) is -0.434. The van der Waals surface area contributed by atoms with Gasteiger partial charge in [-0.15, -0.1) is 0 Å². The third kappa shape index (κ3) is 5.75. The summed E-state index contributed by atoms with van der Waals surface area (Å²) in [5.41, 5.74) is 1.71. The summed E-state index contributed by atoms with van der Waals surface area (Å²) in [7, 11) is -2.08. The maximum atomic E-state index is 13.7. The van der Waals surface area contributed by atoms with Crippen molar-refractivity contribution in [3.8, 4) is 5.75 Å². The monoisotopic (exact) mass is 474 g/mol. The van der Waals surface area contributed by atoms with Gasteiger partial charge in [-0.25, -0.2) is 8.42 Å². The number of fused-ring (bicyclic) bond motifs is 1. The number of hydrogen-bond acceptors (Lipinski definition) is 6. The number of unbranched alkanes of at least 4 members (excludes halogenated alkanes) is 1. The van der Waals surface area contributed by atoms with Gasteiger partial charge in [-0.1, -0.05) is 57.0 Å². The van der Waals surface area contributed by atoms with E-state index in [2.05, 4.69) is 17.6 Å². The lowest BCUT2D eigenvalue weighted by Gasteiger charge is -2.36. The van der Waals surface area contributed by atoms with Gasteiger partial charge in [-0.05, 0) is 36.1 Å². The molecule has 7 nitrogen and oxygen atoms in total. The summed E-state index contributed by atoms with van der Waals surface area (Å²) < 4.78 is 33.1. The number of benzene rings is 2. The minimum absolute atomic E-state index is 0.0150.